The highest BCUT2D eigenvalue weighted by Crippen LogP contribution is 2.23. The summed E-state index contributed by atoms with van der Waals surface area (Å²) in [7, 11) is 1.61. The summed E-state index contributed by atoms with van der Waals surface area (Å²) in [4.78, 5) is 28.0. The molecular formula is C16H22N2O3. The Balaban J connectivity index is 2.15. The minimum absolute atomic E-state index is 0.0326. The maximum atomic E-state index is 12.5. The Kier molecular flexibility index (Phi) is 4.50. The Morgan fingerprint density at radius 3 is 2.38 bits per heavy atom. The lowest BCUT2D eigenvalue weighted by Crippen LogP contribution is -2.58. The third-order valence-electron chi connectivity index (χ3n) is 3.82. The van der Waals surface area contributed by atoms with Crippen molar-refractivity contribution < 1.29 is 14.3 Å². The number of rotatable bonds is 3. The van der Waals surface area contributed by atoms with Gasteiger partial charge in [-0.1, -0.05) is 13.8 Å². The molecule has 2 amide bonds. The number of ether oxygens (including phenoxy) is 1. The van der Waals surface area contributed by atoms with Crippen molar-refractivity contribution in [1.29, 1.82) is 0 Å². The number of carbonyl (C=O) groups excluding carboxylic acids is 2. The fourth-order valence-electron chi connectivity index (χ4n) is 2.52. The smallest absolute Gasteiger partial charge is 0.249 e. The van der Waals surface area contributed by atoms with E-state index in [2.05, 4.69) is 0 Å². The number of nitrogens with zero attached hydrogens (tertiary/aromatic N) is 2. The van der Waals surface area contributed by atoms with Crippen LogP contribution < -0.4 is 9.64 Å². The third-order valence-corrected chi connectivity index (χ3v) is 3.82. The van der Waals surface area contributed by atoms with Gasteiger partial charge in [0.1, 0.15) is 11.8 Å². The Morgan fingerprint density at radius 2 is 1.86 bits per heavy atom. The average Bonchev–Trinajstić information content (AvgIpc) is 2.49. The lowest BCUT2D eigenvalue weighted by Gasteiger charge is -2.39. The first-order valence-electron chi connectivity index (χ1n) is 7.21. The molecule has 21 heavy (non-hydrogen) atoms. The van der Waals surface area contributed by atoms with Crippen LogP contribution in [-0.4, -0.2) is 43.0 Å². The molecule has 0 bridgehead atoms. The van der Waals surface area contributed by atoms with Gasteiger partial charge in [0.2, 0.25) is 11.8 Å². The number of anilines is 1. The van der Waals surface area contributed by atoms with Gasteiger partial charge >= 0.3 is 0 Å². The number of hydrogen-bond donors (Lipinski definition) is 0. The van der Waals surface area contributed by atoms with Crippen LogP contribution in [0.3, 0.4) is 0 Å². The third kappa shape index (κ3) is 3.01. The largest absolute Gasteiger partial charge is 0.497 e. The summed E-state index contributed by atoms with van der Waals surface area (Å²) in [5, 5.41) is 0. The quantitative estimate of drug-likeness (QED) is 0.854. The molecule has 1 heterocycles. The molecule has 0 aromatic heterocycles. The highest BCUT2D eigenvalue weighted by Gasteiger charge is 2.35. The monoisotopic (exact) mass is 290 g/mol. The van der Waals surface area contributed by atoms with Crippen molar-refractivity contribution in [3.63, 3.8) is 0 Å². The number of methoxy groups -OCH3 is 1. The van der Waals surface area contributed by atoms with E-state index in [1.165, 1.54) is 0 Å². The maximum absolute atomic E-state index is 12.5. The normalized spacial score (nSPS) is 19.1. The van der Waals surface area contributed by atoms with Crippen LogP contribution in [0.5, 0.6) is 5.75 Å². The standard InChI is InChI=1S/C16H22N2O3/c1-11(2)15(19)17-9-10-18(16(20)12(17)3)13-5-7-14(21-4)8-6-13/h5-8,11-12H,9-10H2,1-4H3/t12-/m1/s1. The van der Waals surface area contributed by atoms with E-state index < -0.39 is 6.04 Å². The summed E-state index contributed by atoms with van der Waals surface area (Å²) in [6.07, 6.45) is 0. The van der Waals surface area contributed by atoms with Crippen molar-refractivity contribution in [1.82, 2.24) is 4.90 Å². The zero-order chi connectivity index (χ0) is 15.6. The van der Waals surface area contributed by atoms with Gasteiger partial charge in [0.15, 0.2) is 0 Å². The van der Waals surface area contributed by atoms with Gasteiger partial charge in [-0.25, -0.2) is 0 Å². The fraction of sp³-hybridized carbons (Fsp3) is 0.500. The second kappa shape index (κ2) is 6.16. The van der Waals surface area contributed by atoms with E-state index >= 15 is 0 Å². The molecule has 0 N–H and O–H groups in total. The van der Waals surface area contributed by atoms with Gasteiger partial charge in [0, 0.05) is 24.7 Å². The second-order valence-corrected chi connectivity index (χ2v) is 5.55. The molecule has 5 heteroatoms. The molecule has 1 aliphatic heterocycles. The van der Waals surface area contributed by atoms with Crippen LogP contribution >= 0.6 is 0 Å². The topological polar surface area (TPSA) is 49.9 Å². The summed E-state index contributed by atoms with van der Waals surface area (Å²) in [6, 6.07) is 6.97. The summed E-state index contributed by atoms with van der Waals surface area (Å²) < 4.78 is 5.12. The van der Waals surface area contributed by atoms with Crippen LogP contribution in [0.1, 0.15) is 20.8 Å². The Morgan fingerprint density at radius 1 is 1.24 bits per heavy atom. The predicted octanol–water partition coefficient (Wildman–Crippen LogP) is 1.91. The minimum atomic E-state index is -0.421. The molecule has 1 aliphatic rings. The van der Waals surface area contributed by atoms with Crippen molar-refractivity contribution in [3.8, 4) is 5.75 Å². The molecule has 5 nitrogen and oxygen atoms in total. The Bertz CT molecular complexity index is 525. The lowest BCUT2D eigenvalue weighted by atomic mass is 10.1. The van der Waals surface area contributed by atoms with Gasteiger partial charge in [-0.05, 0) is 31.2 Å². The number of piperazine rings is 1. The number of amides is 2. The SMILES string of the molecule is COc1ccc(N2CCN(C(=O)C(C)C)[C@H](C)C2=O)cc1. The van der Waals surface area contributed by atoms with Crippen molar-refractivity contribution in [2.75, 3.05) is 25.1 Å². The Labute approximate surface area is 125 Å². The number of carbonyl (C=O) groups is 2. The average molecular weight is 290 g/mol. The molecule has 0 radical (unpaired) electrons. The van der Waals surface area contributed by atoms with Gasteiger partial charge < -0.3 is 14.5 Å². The van der Waals surface area contributed by atoms with E-state index in [4.69, 9.17) is 4.74 Å². The van der Waals surface area contributed by atoms with Crippen molar-refractivity contribution in [3.05, 3.63) is 24.3 Å². The molecular weight excluding hydrogens is 268 g/mol. The van der Waals surface area contributed by atoms with E-state index in [0.717, 1.165) is 11.4 Å². The van der Waals surface area contributed by atoms with E-state index in [1.807, 2.05) is 38.1 Å². The van der Waals surface area contributed by atoms with E-state index in [9.17, 15) is 9.59 Å². The predicted molar refractivity (Wildman–Crippen MR) is 81.4 cm³/mol. The van der Waals surface area contributed by atoms with E-state index in [1.54, 1.807) is 23.8 Å². The second-order valence-electron chi connectivity index (χ2n) is 5.55. The van der Waals surface area contributed by atoms with Crippen LogP contribution in [0.25, 0.3) is 0 Å². The van der Waals surface area contributed by atoms with Gasteiger partial charge in [-0.2, -0.15) is 0 Å². The van der Waals surface area contributed by atoms with Crippen LogP contribution in [0, 0.1) is 5.92 Å². The maximum Gasteiger partial charge on any atom is 0.249 e. The Hall–Kier alpha value is -2.04. The van der Waals surface area contributed by atoms with Crippen LogP contribution in [-0.2, 0) is 9.59 Å². The molecule has 0 spiro atoms. The highest BCUT2D eigenvalue weighted by atomic mass is 16.5. The first-order chi connectivity index (χ1) is 9.95. The van der Waals surface area contributed by atoms with Crippen LogP contribution in [0.15, 0.2) is 24.3 Å². The molecule has 2 rings (SSSR count). The zero-order valence-corrected chi connectivity index (χ0v) is 13.0. The molecule has 114 valence electrons. The van der Waals surface area contributed by atoms with Crippen LogP contribution in [0.2, 0.25) is 0 Å². The van der Waals surface area contributed by atoms with Gasteiger partial charge in [0.05, 0.1) is 7.11 Å². The lowest BCUT2D eigenvalue weighted by molar-refractivity contribution is -0.143. The molecule has 0 unspecified atom stereocenters. The van der Waals surface area contributed by atoms with Gasteiger partial charge in [-0.15, -0.1) is 0 Å². The summed E-state index contributed by atoms with van der Waals surface area (Å²) in [5.41, 5.74) is 0.837. The molecule has 1 saturated heterocycles. The van der Waals surface area contributed by atoms with Gasteiger partial charge in [0.25, 0.3) is 0 Å². The van der Waals surface area contributed by atoms with Crippen molar-refractivity contribution in [2.24, 2.45) is 5.92 Å². The molecule has 0 aliphatic carbocycles. The highest BCUT2D eigenvalue weighted by molar-refractivity contribution is 6.00. The minimum Gasteiger partial charge on any atom is -0.497 e. The van der Waals surface area contributed by atoms with Gasteiger partial charge in [-0.3, -0.25) is 9.59 Å². The summed E-state index contributed by atoms with van der Waals surface area (Å²) >= 11 is 0. The fourth-order valence-corrected chi connectivity index (χ4v) is 2.52. The summed E-state index contributed by atoms with van der Waals surface area (Å²) in [6.45, 7) is 6.59. The molecule has 0 saturated carbocycles. The van der Waals surface area contributed by atoms with Crippen molar-refractivity contribution in [2.45, 2.75) is 26.8 Å². The molecule has 1 atom stereocenters. The van der Waals surface area contributed by atoms with Crippen molar-refractivity contribution >= 4 is 17.5 Å². The molecule has 1 fully saturated rings. The molecule has 1 aromatic rings. The number of hydrogen-bond acceptors (Lipinski definition) is 3. The zero-order valence-electron chi connectivity index (χ0n) is 13.0. The molecule has 1 aromatic carbocycles. The van der Waals surface area contributed by atoms with E-state index in [-0.39, 0.29) is 17.7 Å². The van der Waals surface area contributed by atoms with E-state index in [0.29, 0.717) is 13.1 Å². The first-order valence-corrected chi connectivity index (χ1v) is 7.21. The first kappa shape index (κ1) is 15.4. The van der Waals surface area contributed by atoms with Crippen LogP contribution in [0.4, 0.5) is 5.69 Å². The summed E-state index contributed by atoms with van der Waals surface area (Å²) in [5.74, 6) is 0.659. The number of benzene rings is 1.